The second-order valence-corrected chi connectivity index (χ2v) is 9.96. The summed E-state index contributed by atoms with van der Waals surface area (Å²) in [5.74, 6) is -0.493. The number of hydrogen-bond donors (Lipinski definition) is 2. The molecule has 0 atom stereocenters. The van der Waals surface area contributed by atoms with Gasteiger partial charge in [0.05, 0.1) is 5.54 Å². The molecule has 4 rings (SSSR count). The van der Waals surface area contributed by atoms with Gasteiger partial charge in [-0.3, -0.25) is 14.9 Å². The summed E-state index contributed by atoms with van der Waals surface area (Å²) in [5, 5.41) is 11.4. The number of nitrogens with zero attached hydrogens (tertiary/aromatic N) is 3. The van der Waals surface area contributed by atoms with Gasteiger partial charge < -0.3 is 5.32 Å². The van der Waals surface area contributed by atoms with Crippen molar-refractivity contribution in [1.82, 2.24) is 20.1 Å². The summed E-state index contributed by atoms with van der Waals surface area (Å²) in [4.78, 5) is 30.1. The van der Waals surface area contributed by atoms with Crippen LogP contribution in [0.2, 0.25) is 5.02 Å². The van der Waals surface area contributed by atoms with Crippen molar-refractivity contribution in [2.24, 2.45) is 0 Å². The topological polar surface area (TPSA) is 88.9 Å². The SMILES string of the molecule is CC(C)(C)n1nc(C(=O)NC2CCCC2)c2sc(NC(=O)c3cccc(Cl)c3)nc21. The van der Waals surface area contributed by atoms with E-state index < -0.39 is 0 Å². The first-order valence-electron chi connectivity index (χ1n) is 10.0. The lowest BCUT2D eigenvalue weighted by Crippen LogP contribution is -2.33. The molecule has 0 radical (unpaired) electrons. The molecule has 2 N–H and O–H groups in total. The molecule has 0 aliphatic heterocycles. The fraction of sp³-hybridized carbons (Fsp3) is 0.429. The van der Waals surface area contributed by atoms with E-state index in [9.17, 15) is 9.59 Å². The molecule has 0 spiro atoms. The van der Waals surface area contributed by atoms with Crippen LogP contribution in [-0.4, -0.2) is 32.6 Å². The zero-order valence-electron chi connectivity index (χ0n) is 17.2. The maximum atomic E-state index is 12.9. The van der Waals surface area contributed by atoms with Crippen molar-refractivity contribution in [2.45, 2.75) is 58.0 Å². The molecular formula is C21H24ClN5O2S. The summed E-state index contributed by atoms with van der Waals surface area (Å²) in [6.45, 7) is 6.00. The average molecular weight is 446 g/mol. The molecule has 0 unspecified atom stereocenters. The molecule has 2 amide bonds. The number of nitrogens with one attached hydrogen (secondary N) is 2. The molecule has 3 aromatic rings. The summed E-state index contributed by atoms with van der Waals surface area (Å²) < 4.78 is 2.42. The van der Waals surface area contributed by atoms with E-state index in [1.54, 1.807) is 28.9 Å². The summed E-state index contributed by atoms with van der Waals surface area (Å²) in [6.07, 6.45) is 4.27. The quantitative estimate of drug-likeness (QED) is 0.602. The molecule has 1 aromatic carbocycles. The zero-order chi connectivity index (χ0) is 21.5. The number of amides is 2. The Labute approximate surface area is 183 Å². The van der Waals surface area contributed by atoms with E-state index in [2.05, 4.69) is 20.7 Å². The van der Waals surface area contributed by atoms with Crippen LogP contribution in [0.25, 0.3) is 10.3 Å². The minimum atomic E-state index is -0.369. The number of fused-ring (bicyclic) bond motifs is 1. The van der Waals surface area contributed by atoms with Gasteiger partial charge in [-0.1, -0.05) is 41.8 Å². The number of aromatic nitrogens is 3. The minimum absolute atomic E-state index is 0.189. The Morgan fingerprint density at radius 2 is 1.93 bits per heavy atom. The Morgan fingerprint density at radius 3 is 2.60 bits per heavy atom. The van der Waals surface area contributed by atoms with Crippen LogP contribution in [0.4, 0.5) is 5.13 Å². The Bertz CT molecular complexity index is 1110. The number of rotatable bonds is 4. The first-order chi connectivity index (χ1) is 14.2. The standard InChI is InChI=1S/C21H24ClN5O2S/c1-21(2,3)27-17-16(15(26-27)19(29)23-14-9-4-5-10-14)30-20(24-17)25-18(28)12-7-6-8-13(22)11-12/h6-8,11,14H,4-5,9-10H2,1-3H3,(H,23,29)(H,24,25,28). The van der Waals surface area contributed by atoms with Crippen LogP contribution in [-0.2, 0) is 5.54 Å². The normalized spacial score (nSPS) is 14.9. The molecule has 2 heterocycles. The van der Waals surface area contributed by atoms with Gasteiger partial charge in [-0.15, -0.1) is 0 Å². The van der Waals surface area contributed by atoms with E-state index in [1.807, 2.05) is 20.8 Å². The second-order valence-electron chi connectivity index (χ2n) is 8.52. The highest BCUT2D eigenvalue weighted by molar-refractivity contribution is 7.22. The molecule has 0 saturated heterocycles. The molecule has 1 aliphatic carbocycles. The highest BCUT2D eigenvalue weighted by atomic mass is 35.5. The van der Waals surface area contributed by atoms with Crippen LogP contribution in [0, 0.1) is 0 Å². The molecule has 9 heteroatoms. The molecule has 1 aliphatic rings. The molecule has 1 saturated carbocycles. The lowest BCUT2D eigenvalue weighted by Gasteiger charge is -2.19. The van der Waals surface area contributed by atoms with Crippen molar-refractivity contribution >= 4 is 50.2 Å². The van der Waals surface area contributed by atoms with E-state index in [-0.39, 0.29) is 23.4 Å². The molecular weight excluding hydrogens is 422 g/mol. The van der Waals surface area contributed by atoms with Gasteiger partial charge >= 0.3 is 0 Å². The van der Waals surface area contributed by atoms with E-state index in [4.69, 9.17) is 11.6 Å². The lowest BCUT2D eigenvalue weighted by atomic mass is 10.1. The van der Waals surface area contributed by atoms with Gasteiger partial charge in [-0.25, -0.2) is 4.68 Å². The monoisotopic (exact) mass is 445 g/mol. The fourth-order valence-electron chi connectivity index (χ4n) is 3.60. The number of benzene rings is 1. The summed E-state index contributed by atoms with van der Waals surface area (Å²) >= 11 is 7.24. The number of anilines is 1. The Balaban J connectivity index is 1.66. The third kappa shape index (κ3) is 4.20. The van der Waals surface area contributed by atoms with Gasteiger partial charge in [0.1, 0.15) is 4.70 Å². The van der Waals surface area contributed by atoms with E-state index in [0.717, 1.165) is 25.7 Å². The Hall–Kier alpha value is -2.45. The van der Waals surface area contributed by atoms with Crippen molar-refractivity contribution in [3.8, 4) is 0 Å². The molecule has 0 bridgehead atoms. The van der Waals surface area contributed by atoms with Gasteiger partial charge in [0, 0.05) is 16.6 Å². The summed E-state index contributed by atoms with van der Waals surface area (Å²) in [6, 6.07) is 6.91. The van der Waals surface area contributed by atoms with Gasteiger partial charge in [-0.2, -0.15) is 10.1 Å². The number of halogens is 1. The minimum Gasteiger partial charge on any atom is -0.348 e. The highest BCUT2D eigenvalue weighted by Crippen LogP contribution is 2.33. The fourth-order valence-corrected chi connectivity index (χ4v) is 4.71. The van der Waals surface area contributed by atoms with Gasteiger partial charge in [0.15, 0.2) is 16.5 Å². The largest absolute Gasteiger partial charge is 0.348 e. The van der Waals surface area contributed by atoms with E-state index >= 15 is 0 Å². The predicted octanol–water partition coefficient (Wildman–Crippen LogP) is 4.83. The van der Waals surface area contributed by atoms with Crippen LogP contribution >= 0.6 is 22.9 Å². The van der Waals surface area contributed by atoms with Gasteiger partial charge in [0.2, 0.25) is 0 Å². The third-order valence-corrected chi connectivity index (χ3v) is 6.27. The van der Waals surface area contributed by atoms with E-state index in [1.165, 1.54) is 11.3 Å². The number of carbonyl (C=O) groups excluding carboxylic acids is 2. The van der Waals surface area contributed by atoms with Gasteiger partial charge in [0.25, 0.3) is 11.8 Å². The first-order valence-corrected chi connectivity index (χ1v) is 11.2. The molecule has 7 nitrogen and oxygen atoms in total. The lowest BCUT2D eigenvalue weighted by molar-refractivity contribution is 0.0932. The van der Waals surface area contributed by atoms with Crippen LogP contribution in [0.1, 0.15) is 67.3 Å². The molecule has 30 heavy (non-hydrogen) atoms. The molecule has 1 fully saturated rings. The maximum Gasteiger partial charge on any atom is 0.273 e. The predicted molar refractivity (Wildman–Crippen MR) is 120 cm³/mol. The zero-order valence-corrected chi connectivity index (χ0v) is 18.7. The van der Waals surface area contributed by atoms with Crippen molar-refractivity contribution in [3.05, 3.63) is 40.5 Å². The molecule has 2 aromatic heterocycles. The number of hydrogen-bond acceptors (Lipinski definition) is 5. The highest BCUT2D eigenvalue weighted by Gasteiger charge is 2.28. The van der Waals surface area contributed by atoms with Crippen molar-refractivity contribution in [3.63, 3.8) is 0 Å². The van der Waals surface area contributed by atoms with E-state index in [0.29, 0.717) is 31.8 Å². The number of carbonyl (C=O) groups is 2. The van der Waals surface area contributed by atoms with Crippen molar-refractivity contribution < 1.29 is 9.59 Å². The third-order valence-electron chi connectivity index (χ3n) is 5.07. The maximum absolute atomic E-state index is 12.9. The van der Waals surface area contributed by atoms with Gasteiger partial charge in [-0.05, 0) is 51.8 Å². The van der Waals surface area contributed by atoms with Crippen LogP contribution in [0.5, 0.6) is 0 Å². The van der Waals surface area contributed by atoms with Crippen LogP contribution in [0.15, 0.2) is 24.3 Å². The van der Waals surface area contributed by atoms with Crippen molar-refractivity contribution in [2.75, 3.05) is 5.32 Å². The Kier molecular flexibility index (Phi) is 5.55. The summed E-state index contributed by atoms with van der Waals surface area (Å²) in [7, 11) is 0. The summed E-state index contributed by atoms with van der Waals surface area (Å²) in [5.41, 5.74) is 1.02. The second kappa shape index (κ2) is 8.00. The smallest absolute Gasteiger partial charge is 0.273 e. The molecule has 158 valence electrons. The number of thiazole rings is 1. The van der Waals surface area contributed by atoms with Crippen LogP contribution < -0.4 is 10.6 Å². The first kappa shape index (κ1) is 20.8. The van der Waals surface area contributed by atoms with Crippen LogP contribution in [0.3, 0.4) is 0 Å². The van der Waals surface area contributed by atoms with Crippen molar-refractivity contribution in [1.29, 1.82) is 0 Å². The Morgan fingerprint density at radius 1 is 1.20 bits per heavy atom. The average Bonchev–Trinajstić information content (AvgIpc) is 3.37.